The molecule has 2 atom stereocenters. The number of amides is 2. The quantitative estimate of drug-likeness (QED) is 0.675. The zero-order chi connectivity index (χ0) is 20.1. The standard InChI is InChI=1S/C22H27N3O3.ClH/c1-14(2)20(22(27)24-17-8-10-18(28-3)11-9-17)25-21(26)19-12-15-6-4-5-7-16(15)13-23-19;/h4-11,14,19-20,23H,12-13H2,1-3H3,(H,24,27)(H,25,26);1H/t19-,20+;/m0./s1. The monoisotopic (exact) mass is 417 g/mol. The van der Waals surface area contributed by atoms with Crippen LogP contribution in [0.25, 0.3) is 0 Å². The third kappa shape index (κ3) is 5.71. The van der Waals surface area contributed by atoms with Crippen LogP contribution in [-0.4, -0.2) is 31.0 Å². The third-order valence-electron chi connectivity index (χ3n) is 5.00. The largest absolute Gasteiger partial charge is 0.497 e. The van der Waals surface area contributed by atoms with Crippen molar-refractivity contribution in [2.75, 3.05) is 12.4 Å². The fraction of sp³-hybridized carbons (Fsp3) is 0.364. The normalized spacial score (nSPS) is 16.2. The van der Waals surface area contributed by atoms with Gasteiger partial charge in [0.15, 0.2) is 0 Å². The molecule has 0 aromatic heterocycles. The molecule has 1 heterocycles. The molecule has 0 saturated carbocycles. The van der Waals surface area contributed by atoms with Crippen LogP contribution >= 0.6 is 12.4 Å². The van der Waals surface area contributed by atoms with Crippen LogP contribution < -0.4 is 20.7 Å². The number of fused-ring (bicyclic) bond motifs is 1. The van der Waals surface area contributed by atoms with E-state index < -0.39 is 6.04 Å². The van der Waals surface area contributed by atoms with E-state index in [1.807, 2.05) is 32.0 Å². The van der Waals surface area contributed by atoms with Crippen LogP contribution in [0, 0.1) is 5.92 Å². The van der Waals surface area contributed by atoms with Crippen LogP contribution in [0.4, 0.5) is 5.69 Å². The first-order valence-corrected chi connectivity index (χ1v) is 9.53. The summed E-state index contributed by atoms with van der Waals surface area (Å²) in [6.07, 6.45) is 0.618. The lowest BCUT2D eigenvalue weighted by atomic mass is 9.94. The summed E-state index contributed by atoms with van der Waals surface area (Å²) in [4.78, 5) is 25.5. The van der Waals surface area contributed by atoms with Gasteiger partial charge in [-0.05, 0) is 47.7 Å². The number of carbonyl (C=O) groups is 2. The lowest BCUT2D eigenvalue weighted by Gasteiger charge is -2.28. The summed E-state index contributed by atoms with van der Waals surface area (Å²) in [7, 11) is 1.59. The highest BCUT2D eigenvalue weighted by Crippen LogP contribution is 2.18. The van der Waals surface area contributed by atoms with E-state index in [1.165, 1.54) is 11.1 Å². The number of hydrogen-bond acceptors (Lipinski definition) is 4. The lowest BCUT2D eigenvalue weighted by Crippen LogP contribution is -2.54. The summed E-state index contributed by atoms with van der Waals surface area (Å²) in [5.41, 5.74) is 3.05. The maximum atomic E-state index is 12.8. The Morgan fingerprint density at radius 2 is 1.72 bits per heavy atom. The van der Waals surface area contributed by atoms with Crippen LogP contribution in [0.2, 0.25) is 0 Å². The topological polar surface area (TPSA) is 79.5 Å². The van der Waals surface area contributed by atoms with Gasteiger partial charge < -0.3 is 20.7 Å². The van der Waals surface area contributed by atoms with E-state index in [-0.39, 0.29) is 36.2 Å². The van der Waals surface area contributed by atoms with E-state index in [4.69, 9.17) is 4.74 Å². The molecule has 2 aromatic rings. The minimum absolute atomic E-state index is 0. The summed E-state index contributed by atoms with van der Waals surface area (Å²) >= 11 is 0. The van der Waals surface area contributed by atoms with Gasteiger partial charge in [-0.15, -0.1) is 12.4 Å². The summed E-state index contributed by atoms with van der Waals surface area (Å²) in [5, 5.41) is 9.05. The Balaban J connectivity index is 0.00000300. The van der Waals surface area contributed by atoms with Gasteiger partial charge in [-0.1, -0.05) is 38.1 Å². The molecule has 6 nitrogen and oxygen atoms in total. The van der Waals surface area contributed by atoms with Crippen molar-refractivity contribution in [3.8, 4) is 5.75 Å². The second kappa shape index (κ2) is 10.3. The second-order valence-electron chi connectivity index (χ2n) is 7.35. The molecule has 1 aliphatic rings. The van der Waals surface area contributed by atoms with E-state index in [0.717, 1.165) is 5.75 Å². The van der Waals surface area contributed by atoms with Crippen molar-refractivity contribution in [2.24, 2.45) is 5.92 Å². The van der Waals surface area contributed by atoms with Crippen LogP contribution in [-0.2, 0) is 22.6 Å². The minimum Gasteiger partial charge on any atom is -0.497 e. The molecule has 0 spiro atoms. The van der Waals surface area contributed by atoms with Crippen molar-refractivity contribution in [2.45, 2.75) is 38.9 Å². The van der Waals surface area contributed by atoms with Crippen LogP contribution in [0.3, 0.4) is 0 Å². The zero-order valence-corrected chi connectivity index (χ0v) is 17.7. The fourth-order valence-electron chi connectivity index (χ4n) is 3.32. The van der Waals surface area contributed by atoms with Gasteiger partial charge in [0.25, 0.3) is 0 Å². The molecule has 0 fully saturated rings. The summed E-state index contributed by atoms with van der Waals surface area (Å²) in [6, 6.07) is 14.2. The first kappa shape index (κ1) is 22.7. The highest BCUT2D eigenvalue weighted by Gasteiger charge is 2.29. The maximum absolute atomic E-state index is 12.8. The number of carbonyl (C=O) groups excluding carboxylic acids is 2. The Morgan fingerprint density at radius 1 is 1.07 bits per heavy atom. The highest BCUT2D eigenvalue weighted by molar-refractivity contribution is 5.98. The van der Waals surface area contributed by atoms with E-state index in [9.17, 15) is 9.59 Å². The molecule has 0 unspecified atom stereocenters. The van der Waals surface area contributed by atoms with Gasteiger partial charge in [0.05, 0.1) is 13.2 Å². The number of halogens is 1. The number of hydrogen-bond donors (Lipinski definition) is 3. The predicted octanol–water partition coefficient (Wildman–Crippen LogP) is 2.91. The number of anilines is 1. The van der Waals surface area contributed by atoms with Crippen LogP contribution in [0.1, 0.15) is 25.0 Å². The Bertz CT molecular complexity index is 839. The van der Waals surface area contributed by atoms with E-state index in [0.29, 0.717) is 18.7 Å². The smallest absolute Gasteiger partial charge is 0.247 e. The lowest BCUT2D eigenvalue weighted by molar-refractivity contribution is -0.128. The van der Waals surface area contributed by atoms with Crippen LogP contribution in [0.5, 0.6) is 5.75 Å². The molecule has 0 aliphatic carbocycles. The Hall–Kier alpha value is -2.57. The Kier molecular flexibility index (Phi) is 8.05. The molecule has 156 valence electrons. The van der Waals surface area contributed by atoms with Gasteiger partial charge in [0, 0.05) is 12.2 Å². The second-order valence-corrected chi connectivity index (χ2v) is 7.35. The molecule has 2 amide bonds. The molecule has 0 radical (unpaired) electrons. The molecular weight excluding hydrogens is 390 g/mol. The molecule has 29 heavy (non-hydrogen) atoms. The Morgan fingerprint density at radius 3 is 2.34 bits per heavy atom. The van der Waals surface area contributed by atoms with E-state index in [2.05, 4.69) is 22.0 Å². The zero-order valence-electron chi connectivity index (χ0n) is 16.9. The van der Waals surface area contributed by atoms with Crippen molar-refractivity contribution in [3.05, 3.63) is 59.7 Å². The first-order chi connectivity index (χ1) is 13.5. The number of benzene rings is 2. The van der Waals surface area contributed by atoms with Gasteiger partial charge in [-0.2, -0.15) is 0 Å². The number of rotatable bonds is 6. The van der Waals surface area contributed by atoms with Crippen molar-refractivity contribution in [1.29, 1.82) is 0 Å². The SMILES string of the molecule is COc1ccc(NC(=O)[C@H](NC(=O)[C@@H]2Cc3ccccc3CN2)C(C)C)cc1.Cl. The van der Waals surface area contributed by atoms with Gasteiger partial charge in [0.1, 0.15) is 11.8 Å². The van der Waals surface area contributed by atoms with Gasteiger partial charge in [0.2, 0.25) is 11.8 Å². The molecule has 1 aliphatic heterocycles. The van der Waals surface area contributed by atoms with Crippen molar-refractivity contribution >= 4 is 29.9 Å². The van der Waals surface area contributed by atoms with Gasteiger partial charge >= 0.3 is 0 Å². The summed E-state index contributed by atoms with van der Waals surface area (Å²) < 4.78 is 5.13. The summed E-state index contributed by atoms with van der Waals surface area (Å²) in [6.45, 7) is 4.49. The van der Waals surface area contributed by atoms with Gasteiger partial charge in [-0.3, -0.25) is 9.59 Å². The number of nitrogens with one attached hydrogen (secondary N) is 3. The van der Waals surface area contributed by atoms with Crippen LogP contribution in [0.15, 0.2) is 48.5 Å². The maximum Gasteiger partial charge on any atom is 0.247 e. The first-order valence-electron chi connectivity index (χ1n) is 9.53. The minimum atomic E-state index is -0.617. The number of methoxy groups -OCH3 is 1. The molecule has 0 bridgehead atoms. The van der Waals surface area contributed by atoms with E-state index in [1.54, 1.807) is 31.4 Å². The predicted molar refractivity (Wildman–Crippen MR) is 116 cm³/mol. The number of ether oxygens (including phenoxy) is 1. The molecule has 3 N–H and O–H groups in total. The molecule has 7 heteroatoms. The van der Waals surface area contributed by atoms with Crippen molar-refractivity contribution < 1.29 is 14.3 Å². The highest BCUT2D eigenvalue weighted by atomic mass is 35.5. The summed E-state index contributed by atoms with van der Waals surface area (Å²) in [5.74, 6) is 0.288. The van der Waals surface area contributed by atoms with Crippen molar-refractivity contribution in [1.82, 2.24) is 10.6 Å². The molecule has 2 aromatic carbocycles. The van der Waals surface area contributed by atoms with Crippen molar-refractivity contribution in [3.63, 3.8) is 0 Å². The molecule has 3 rings (SSSR count). The average molecular weight is 418 g/mol. The average Bonchev–Trinajstić information content (AvgIpc) is 2.71. The van der Waals surface area contributed by atoms with Gasteiger partial charge in [-0.25, -0.2) is 0 Å². The molecule has 0 saturated heterocycles. The fourth-order valence-corrected chi connectivity index (χ4v) is 3.32. The third-order valence-corrected chi connectivity index (χ3v) is 5.00. The van der Waals surface area contributed by atoms with E-state index >= 15 is 0 Å². The molecular formula is C22H28ClN3O3. The Labute approximate surface area is 177 Å².